The highest BCUT2D eigenvalue weighted by molar-refractivity contribution is 5.77. The van der Waals surface area contributed by atoms with Crippen LogP contribution in [-0.4, -0.2) is 79.3 Å². The molecule has 2 heterocycles. The van der Waals surface area contributed by atoms with Gasteiger partial charge in [-0.2, -0.15) is 0 Å². The molecule has 2 saturated heterocycles. The highest BCUT2D eigenvalue weighted by Crippen LogP contribution is 2.89. The molecule has 0 aromatic carbocycles. The Kier molecular flexibility index (Phi) is 7.81. The first kappa shape index (κ1) is 33.0. The number of fused-ring (bicyclic) bond motifs is 4. The number of carbonyl (C=O) groups is 2. The van der Waals surface area contributed by atoms with E-state index in [1.165, 1.54) is 51.4 Å². The third kappa shape index (κ3) is 4.65. The van der Waals surface area contributed by atoms with Crippen molar-refractivity contribution in [2.45, 2.75) is 149 Å². The van der Waals surface area contributed by atoms with Crippen LogP contribution in [0.3, 0.4) is 0 Å². The number of nitrogens with zero attached hydrogens (tertiary/aromatic N) is 1. The Labute approximate surface area is 282 Å². The number of rotatable bonds is 7. The number of hydrogen-bond donors (Lipinski definition) is 2. The maximum atomic E-state index is 12.9. The molecule has 2 spiro atoms. The van der Waals surface area contributed by atoms with Gasteiger partial charge in [0, 0.05) is 31.8 Å². The number of aliphatic hydroxyl groups is 1. The maximum absolute atomic E-state index is 12.9. The van der Waals surface area contributed by atoms with Crippen LogP contribution >= 0.6 is 0 Å². The lowest BCUT2D eigenvalue weighted by Crippen LogP contribution is -2.60. The third-order valence-corrected chi connectivity index (χ3v) is 16.6. The van der Waals surface area contributed by atoms with Crippen LogP contribution in [-0.2, 0) is 23.8 Å². The summed E-state index contributed by atoms with van der Waals surface area (Å²) in [4.78, 5) is 26.9. The van der Waals surface area contributed by atoms with E-state index in [1.54, 1.807) is 7.05 Å². The van der Waals surface area contributed by atoms with Gasteiger partial charge in [0.1, 0.15) is 0 Å². The normalized spacial score (nSPS) is 51.1. The summed E-state index contributed by atoms with van der Waals surface area (Å²) in [6.45, 7) is 14.1. The van der Waals surface area contributed by atoms with Gasteiger partial charge in [-0.3, -0.25) is 9.59 Å². The molecule has 8 heteroatoms. The molecule has 13 atom stereocenters. The molecule has 47 heavy (non-hydrogen) atoms. The summed E-state index contributed by atoms with van der Waals surface area (Å²) in [5.41, 5.74) is 0.528. The summed E-state index contributed by atoms with van der Waals surface area (Å²) in [6.07, 6.45) is 12.8. The highest BCUT2D eigenvalue weighted by Gasteiger charge is 2.84. The second-order valence-corrected chi connectivity index (χ2v) is 18.8. The number of carbonyl (C=O) groups excluding carboxylic acids is 2. The smallest absolute Gasteiger partial charge is 0.223 e. The number of morpholine rings is 1. The van der Waals surface area contributed by atoms with E-state index < -0.39 is 6.10 Å². The molecule has 8 fully saturated rings. The average Bonchev–Trinajstić information content (AvgIpc) is 3.96. The van der Waals surface area contributed by atoms with E-state index >= 15 is 0 Å². The Hall–Kier alpha value is -1.22. The van der Waals surface area contributed by atoms with E-state index in [0.29, 0.717) is 73.0 Å². The maximum Gasteiger partial charge on any atom is 0.223 e. The molecule has 8 rings (SSSR count). The summed E-state index contributed by atoms with van der Waals surface area (Å²) in [5.74, 6) is 2.87. The van der Waals surface area contributed by atoms with Crippen molar-refractivity contribution in [2.75, 3.05) is 26.7 Å². The largest absolute Gasteiger partial charge is 0.390 e. The van der Waals surface area contributed by atoms with Gasteiger partial charge in [0.05, 0.1) is 37.6 Å². The summed E-state index contributed by atoms with van der Waals surface area (Å²) in [6, 6.07) is 0. The molecule has 0 aromatic rings. The molecular formula is C39H62N2O6. The Bertz CT molecular complexity index is 1270. The van der Waals surface area contributed by atoms with Crippen molar-refractivity contribution in [1.29, 1.82) is 0 Å². The third-order valence-electron chi connectivity index (χ3n) is 16.6. The molecule has 8 aliphatic rings. The molecule has 2 N–H and O–H groups in total. The van der Waals surface area contributed by atoms with Crippen molar-refractivity contribution < 1.29 is 28.9 Å². The zero-order chi connectivity index (χ0) is 33.1. The van der Waals surface area contributed by atoms with Gasteiger partial charge in [-0.05, 0) is 122 Å². The first-order valence-electron chi connectivity index (χ1n) is 19.4. The number of ether oxygens (including phenoxy) is 3. The SMILES string of the molecule is CNC(=O)CCC1C[C@@H](C)[C@H]2C(O1)[C@H](O)[C@@]1(C)C3CC[C@H]4C(C)(C)C(O[C@H]5CN(C(=O)CC6CC6)CCO5)CC[C@@]45C[C@@]35CC[C@]21C. The van der Waals surface area contributed by atoms with Crippen molar-refractivity contribution in [3.05, 3.63) is 0 Å². The van der Waals surface area contributed by atoms with E-state index in [-0.39, 0.29) is 52.7 Å². The van der Waals surface area contributed by atoms with Crippen molar-refractivity contribution in [2.24, 2.45) is 56.7 Å². The number of nitrogens with one attached hydrogen (secondary N) is 1. The fraction of sp³-hybridized carbons (Fsp3) is 0.949. The van der Waals surface area contributed by atoms with Crippen LogP contribution < -0.4 is 5.32 Å². The second kappa shape index (κ2) is 11.1. The van der Waals surface area contributed by atoms with Crippen LogP contribution in [0.15, 0.2) is 0 Å². The predicted octanol–water partition coefficient (Wildman–Crippen LogP) is 5.70. The van der Waals surface area contributed by atoms with Crippen LogP contribution in [0, 0.1) is 56.7 Å². The first-order chi connectivity index (χ1) is 22.3. The number of amides is 2. The van der Waals surface area contributed by atoms with Crippen molar-refractivity contribution in [1.82, 2.24) is 10.2 Å². The lowest BCUT2D eigenvalue weighted by Gasteiger charge is -2.64. The molecule has 0 radical (unpaired) electrons. The fourth-order valence-electron chi connectivity index (χ4n) is 14.0. The molecule has 4 unspecified atom stereocenters. The van der Waals surface area contributed by atoms with Crippen LogP contribution in [0.1, 0.15) is 118 Å². The van der Waals surface area contributed by atoms with E-state index in [9.17, 15) is 14.7 Å². The predicted molar refractivity (Wildman–Crippen MR) is 178 cm³/mol. The minimum absolute atomic E-state index is 0.0238. The monoisotopic (exact) mass is 654 g/mol. The van der Waals surface area contributed by atoms with Gasteiger partial charge in [-0.15, -0.1) is 0 Å². The zero-order valence-corrected chi connectivity index (χ0v) is 30.0. The van der Waals surface area contributed by atoms with Crippen molar-refractivity contribution in [3.63, 3.8) is 0 Å². The van der Waals surface area contributed by atoms with E-state index in [0.717, 1.165) is 19.3 Å². The Morgan fingerprint density at radius 1 is 1.00 bits per heavy atom. The van der Waals surface area contributed by atoms with Crippen molar-refractivity contribution in [3.8, 4) is 0 Å². The topological polar surface area (TPSA) is 97.3 Å². The molecule has 0 bridgehead atoms. The molecular weight excluding hydrogens is 592 g/mol. The summed E-state index contributed by atoms with van der Waals surface area (Å²) < 4.78 is 19.8. The molecule has 264 valence electrons. The fourth-order valence-corrected chi connectivity index (χ4v) is 14.0. The number of hydrogen-bond acceptors (Lipinski definition) is 6. The van der Waals surface area contributed by atoms with Crippen LogP contribution in [0.5, 0.6) is 0 Å². The standard InChI is InChI=1S/C39H62N2O6/c1-23-19-25(9-12-29(42)40-6)46-33-32(23)36(4)15-16-39-22-38(39)14-13-28(35(2,3)26(38)10-11-27(39)37(36,5)34(33)44)47-31-21-41(17-18-45-31)30(43)20-24-7-8-24/h23-28,31-34,44H,7-22H2,1-6H3,(H,40,42)/t23-,25?,26+,27?,28?,31+,32+,33?,34+,36-,37-,38-,39+/m1/s1. The minimum atomic E-state index is -0.471. The van der Waals surface area contributed by atoms with Crippen molar-refractivity contribution >= 4 is 11.8 Å². The first-order valence-corrected chi connectivity index (χ1v) is 19.4. The Morgan fingerprint density at radius 3 is 2.49 bits per heavy atom. The second-order valence-electron chi connectivity index (χ2n) is 18.8. The summed E-state index contributed by atoms with van der Waals surface area (Å²) >= 11 is 0. The van der Waals surface area contributed by atoms with Gasteiger partial charge in [-0.25, -0.2) is 0 Å². The Morgan fingerprint density at radius 2 is 1.74 bits per heavy atom. The van der Waals surface area contributed by atoms with E-state index in [1.807, 2.05) is 4.90 Å². The molecule has 2 amide bonds. The average molecular weight is 655 g/mol. The summed E-state index contributed by atoms with van der Waals surface area (Å²) in [5, 5.41) is 15.2. The van der Waals surface area contributed by atoms with Gasteiger partial charge < -0.3 is 29.5 Å². The lowest BCUT2D eigenvalue weighted by atomic mass is 9.41. The molecule has 0 aromatic heterocycles. The van der Waals surface area contributed by atoms with E-state index in [4.69, 9.17) is 14.2 Å². The molecule has 6 saturated carbocycles. The van der Waals surface area contributed by atoms with Gasteiger partial charge in [0.15, 0.2) is 6.29 Å². The Balaban J connectivity index is 0.987. The van der Waals surface area contributed by atoms with Gasteiger partial charge in [0.25, 0.3) is 0 Å². The van der Waals surface area contributed by atoms with Gasteiger partial charge in [-0.1, -0.05) is 34.6 Å². The molecule has 8 nitrogen and oxygen atoms in total. The van der Waals surface area contributed by atoms with Crippen LogP contribution in [0.4, 0.5) is 0 Å². The molecule has 2 aliphatic heterocycles. The van der Waals surface area contributed by atoms with Gasteiger partial charge >= 0.3 is 0 Å². The van der Waals surface area contributed by atoms with Gasteiger partial charge in [0.2, 0.25) is 11.8 Å². The zero-order valence-electron chi connectivity index (χ0n) is 30.0. The lowest BCUT2D eigenvalue weighted by molar-refractivity contribution is -0.248. The highest BCUT2D eigenvalue weighted by atomic mass is 16.7. The minimum Gasteiger partial charge on any atom is -0.390 e. The number of aliphatic hydroxyl groups excluding tert-OH is 1. The summed E-state index contributed by atoms with van der Waals surface area (Å²) in [7, 11) is 1.70. The van der Waals surface area contributed by atoms with Crippen LogP contribution in [0.2, 0.25) is 0 Å². The quantitative estimate of drug-likeness (QED) is 0.366. The van der Waals surface area contributed by atoms with Crippen LogP contribution in [0.25, 0.3) is 0 Å². The van der Waals surface area contributed by atoms with E-state index in [2.05, 4.69) is 39.9 Å². The molecule has 6 aliphatic carbocycles.